The minimum Gasteiger partial charge on any atom is -0.394 e. The number of aliphatic hydroxyl groups excluding tert-OH is 1. The lowest BCUT2D eigenvalue weighted by Gasteiger charge is -2.18. The van der Waals surface area contributed by atoms with Gasteiger partial charge in [-0.2, -0.15) is 5.26 Å². The van der Waals surface area contributed by atoms with E-state index in [1.165, 1.54) is 6.20 Å². The topological polar surface area (TPSA) is 81.8 Å². The Hall–Kier alpha value is -2.15. The third-order valence-electron chi connectivity index (χ3n) is 3.05. The van der Waals surface area contributed by atoms with Crippen LogP contribution in [0.25, 0.3) is 10.9 Å². The van der Waals surface area contributed by atoms with Crippen molar-refractivity contribution in [3.63, 3.8) is 0 Å². The maximum atomic E-state index is 9.39. The zero-order chi connectivity index (χ0) is 15.4. The van der Waals surface area contributed by atoms with Gasteiger partial charge in [0.2, 0.25) is 0 Å². The SMILES string of the molecule is C#CC[C@@H](CO)Nc1c(C#N)cnc2c(C)nc(Br)cc12. The van der Waals surface area contributed by atoms with Crippen LogP contribution in [0.1, 0.15) is 17.7 Å². The summed E-state index contributed by atoms with van der Waals surface area (Å²) in [6.07, 6.45) is 7.15. The van der Waals surface area contributed by atoms with E-state index in [0.29, 0.717) is 27.8 Å². The largest absolute Gasteiger partial charge is 0.394 e. The van der Waals surface area contributed by atoms with Crippen LogP contribution in [0.5, 0.6) is 0 Å². The molecule has 0 saturated heterocycles. The molecule has 0 unspecified atom stereocenters. The summed E-state index contributed by atoms with van der Waals surface area (Å²) in [6, 6.07) is 3.58. The van der Waals surface area contributed by atoms with Gasteiger partial charge in [-0.3, -0.25) is 4.98 Å². The van der Waals surface area contributed by atoms with E-state index >= 15 is 0 Å². The molecule has 2 heterocycles. The van der Waals surface area contributed by atoms with Crippen molar-refractivity contribution in [3.8, 4) is 18.4 Å². The van der Waals surface area contributed by atoms with E-state index in [1.54, 1.807) is 6.07 Å². The van der Waals surface area contributed by atoms with E-state index in [4.69, 9.17) is 6.42 Å². The molecule has 0 aromatic carbocycles. The summed E-state index contributed by atoms with van der Waals surface area (Å²) in [4.78, 5) is 8.58. The molecule has 0 aliphatic heterocycles. The highest BCUT2D eigenvalue weighted by molar-refractivity contribution is 9.10. The molecule has 0 spiro atoms. The molecule has 2 rings (SSSR count). The van der Waals surface area contributed by atoms with Crippen LogP contribution in [0.15, 0.2) is 16.9 Å². The highest BCUT2D eigenvalue weighted by Crippen LogP contribution is 2.29. The Kier molecular flexibility index (Phi) is 4.74. The molecule has 2 aromatic heterocycles. The van der Waals surface area contributed by atoms with E-state index in [-0.39, 0.29) is 12.6 Å². The predicted octanol–water partition coefficient (Wildman–Crippen LogP) is 2.37. The fourth-order valence-electron chi connectivity index (χ4n) is 2.07. The molecular formula is C15H13BrN4O. The van der Waals surface area contributed by atoms with Gasteiger partial charge in [0.05, 0.1) is 35.1 Å². The molecule has 21 heavy (non-hydrogen) atoms. The lowest BCUT2D eigenvalue weighted by Crippen LogP contribution is -2.24. The molecule has 6 heteroatoms. The number of hydrogen-bond acceptors (Lipinski definition) is 5. The fourth-order valence-corrected chi connectivity index (χ4v) is 2.56. The van der Waals surface area contributed by atoms with Crippen LogP contribution in [-0.2, 0) is 0 Å². The molecule has 5 nitrogen and oxygen atoms in total. The second-order valence-corrected chi connectivity index (χ2v) is 5.33. The highest BCUT2D eigenvalue weighted by Gasteiger charge is 2.15. The van der Waals surface area contributed by atoms with Gasteiger partial charge in [-0.15, -0.1) is 12.3 Å². The number of terminal acetylenes is 1. The van der Waals surface area contributed by atoms with Crippen LogP contribution in [0, 0.1) is 30.6 Å². The van der Waals surface area contributed by atoms with Gasteiger partial charge in [0.1, 0.15) is 10.7 Å². The summed E-state index contributed by atoms with van der Waals surface area (Å²) in [5.74, 6) is 2.50. The first-order valence-electron chi connectivity index (χ1n) is 6.27. The molecular weight excluding hydrogens is 332 g/mol. The number of pyridine rings is 2. The van der Waals surface area contributed by atoms with Crippen LogP contribution in [0.4, 0.5) is 5.69 Å². The van der Waals surface area contributed by atoms with Gasteiger partial charge in [-0.05, 0) is 28.9 Å². The number of rotatable bonds is 4. The molecule has 106 valence electrons. The Labute approximate surface area is 131 Å². The molecule has 0 amide bonds. The van der Waals surface area contributed by atoms with E-state index in [1.807, 2.05) is 6.92 Å². The summed E-state index contributed by atoms with van der Waals surface area (Å²) < 4.78 is 0.657. The lowest BCUT2D eigenvalue weighted by molar-refractivity contribution is 0.276. The number of halogens is 1. The number of nitrogens with zero attached hydrogens (tertiary/aromatic N) is 3. The minimum atomic E-state index is -0.319. The fraction of sp³-hybridized carbons (Fsp3) is 0.267. The van der Waals surface area contributed by atoms with Crippen molar-refractivity contribution < 1.29 is 5.11 Å². The Morgan fingerprint density at radius 1 is 1.57 bits per heavy atom. The molecule has 2 N–H and O–H groups in total. The van der Waals surface area contributed by atoms with Crippen molar-refractivity contribution in [2.45, 2.75) is 19.4 Å². The van der Waals surface area contributed by atoms with Crippen molar-refractivity contribution in [1.29, 1.82) is 5.26 Å². The smallest absolute Gasteiger partial charge is 0.107 e. The van der Waals surface area contributed by atoms with E-state index < -0.39 is 0 Å². The summed E-state index contributed by atoms with van der Waals surface area (Å²) >= 11 is 3.35. The second-order valence-electron chi connectivity index (χ2n) is 4.52. The van der Waals surface area contributed by atoms with Gasteiger partial charge in [0.25, 0.3) is 0 Å². The third-order valence-corrected chi connectivity index (χ3v) is 3.46. The second kappa shape index (κ2) is 6.53. The molecule has 0 radical (unpaired) electrons. The number of nitriles is 1. The van der Waals surface area contributed by atoms with Gasteiger partial charge in [-0.25, -0.2) is 4.98 Å². The first kappa shape index (κ1) is 15.2. The van der Waals surface area contributed by atoms with Crippen molar-refractivity contribution >= 4 is 32.5 Å². The number of hydrogen-bond donors (Lipinski definition) is 2. The van der Waals surface area contributed by atoms with Crippen LogP contribution in [0.3, 0.4) is 0 Å². The van der Waals surface area contributed by atoms with E-state index in [2.05, 4.69) is 43.2 Å². The minimum absolute atomic E-state index is 0.121. The first-order chi connectivity index (χ1) is 10.1. The summed E-state index contributed by atoms with van der Waals surface area (Å²) in [7, 11) is 0. The molecule has 0 bridgehead atoms. The van der Waals surface area contributed by atoms with Crippen molar-refractivity contribution in [3.05, 3.63) is 28.1 Å². The Balaban J connectivity index is 2.64. The third kappa shape index (κ3) is 3.13. The van der Waals surface area contributed by atoms with E-state index in [0.717, 1.165) is 11.1 Å². The quantitative estimate of drug-likeness (QED) is 0.657. The molecule has 0 aliphatic carbocycles. The van der Waals surface area contributed by atoms with Crippen molar-refractivity contribution in [2.75, 3.05) is 11.9 Å². The molecule has 1 atom stereocenters. The zero-order valence-electron chi connectivity index (χ0n) is 11.4. The molecule has 0 saturated carbocycles. The number of aliphatic hydroxyl groups is 1. The van der Waals surface area contributed by atoms with Gasteiger partial charge in [0, 0.05) is 18.0 Å². The Morgan fingerprint density at radius 3 is 2.95 bits per heavy atom. The van der Waals surface area contributed by atoms with E-state index in [9.17, 15) is 10.4 Å². The first-order valence-corrected chi connectivity index (χ1v) is 7.06. The van der Waals surface area contributed by atoms with Gasteiger partial charge in [0.15, 0.2) is 0 Å². The number of fused-ring (bicyclic) bond motifs is 1. The number of aromatic nitrogens is 2. The van der Waals surface area contributed by atoms with Crippen LogP contribution in [-0.4, -0.2) is 27.7 Å². The summed E-state index contributed by atoms with van der Waals surface area (Å²) in [5, 5.41) is 22.6. The van der Waals surface area contributed by atoms with Crippen molar-refractivity contribution in [2.24, 2.45) is 0 Å². The Bertz CT molecular complexity index is 761. The number of anilines is 1. The average molecular weight is 345 g/mol. The Morgan fingerprint density at radius 2 is 2.33 bits per heavy atom. The predicted molar refractivity (Wildman–Crippen MR) is 84.6 cm³/mol. The maximum Gasteiger partial charge on any atom is 0.107 e. The average Bonchev–Trinajstić information content (AvgIpc) is 2.47. The summed E-state index contributed by atoms with van der Waals surface area (Å²) in [6.45, 7) is 1.73. The van der Waals surface area contributed by atoms with Crippen LogP contribution < -0.4 is 5.32 Å². The van der Waals surface area contributed by atoms with Gasteiger partial charge in [-0.1, -0.05) is 0 Å². The maximum absolute atomic E-state index is 9.39. The van der Waals surface area contributed by atoms with Gasteiger partial charge >= 0.3 is 0 Å². The molecule has 2 aromatic rings. The standard InChI is InChI=1S/C15H13BrN4O/c1-3-4-11(8-21)20-15-10(6-17)7-18-14-9(2)19-13(16)5-12(14)15/h1,5,7,11,21H,4,8H2,2H3,(H,18,20)/t11-/m0/s1. The number of nitrogens with one attached hydrogen (secondary N) is 1. The lowest BCUT2D eigenvalue weighted by atomic mass is 10.1. The van der Waals surface area contributed by atoms with Crippen molar-refractivity contribution in [1.82, 2.24) is 9.97 Å². The highest BCUT2D eigenvalue weighted by atomic mass is 79.9. The summed E-state index contributed by atoms with van der Waals surface area (Å²) in [5.41, 5.74) is 2.47. The normalized spacial score (nSPS) is 11.7. The number of aryl methyl sites for hydroxylation is 1. The van der Waals surface area contributed by atoms with Crippen LogP contribution in [0.2, 0.25) is 0 Å². The zero-order valence-corrected chi connectivity index (χ0v) is 13.0. The molecule has 0 fully saturated rings. The molecule has 0 aliphatic rings. The monoisotopic (exact) mass is 344 g/mol. The van der Waals surface area contributed by atoms with Gasteiger partial charge < -0.3 is 10.4 Å². The van der Waals surface area contributed by atoms with Crippen LogP contribution >= 0.6 is 15.9 Å².